The van der Waals surface area contributed by atoms with Gasteiger partial charge in [-0.25, -0.2) is 4.79 Å². The molecule has 1 heterocycles. The van der Waals surface area contributed by atoms with Gasteiger partial charge in [-0.15, -0.1) is 0 Å². The molecule has 130 valence electrons. The minimum atomic E-state index is -0.333. The third-order valence-corrected chi connectivity index (χ3v) is 4.04. The summed E-state index contributed by atoms with van der Waals surface area (Å²) in [5, 5.41) is 5.64. The molecule has 3 rings (SSSR count). The molecule has 0 radical (unpaired) electrons. The van der Waals surface area contributed by atoms with Crippen LogP contribution in [0.25, 0.3) is 0 Å². The molecule has 0 spiro atoms. The Morgan fingerprint density at radius 3 is 2.80 bits per heavy atom. The molecule has 1 atom stereocenters. The molecule has 1 aliphatic heterocycles. The molecular weight excluding hydrogens is 320 g/mol. The van der Waals surface area contributed by atoms with Gasteiger partial charge in [0.05, 0.1) is 13.2 Å². The fourth-order valence-electron chi connectivity index (χ4n) is 2.76. The fraction of sp³-hybridized carbons (Fsp3) is 0.263. The molecule has 0 aliphatic carbocycles. The van der Waals surface area contributed by atoms with E-state index in [9.17, 15) is 9.59 Å². The second kappa shape index (κ2) is 7.25. The molecule has 0 saturated heterocycles. The highest BCUT2D eigenvalue weighted by atomic mass is 16.5. The van der Waals surface area contributed by atoms with E-state index in [1.54, 1.807) is 31.4 Å². The minimum Gasteiger partial charge on any atom is -0.497 e. The van der Waals surface area contributed by atoms with Gasteiger partial charge in [-0.05, 0) is 49.2 Å². The number of carbonyl (C=O) groups is 2. The van der Waals surface area contributed by atoms with E-state index >= 15 is 0 Å². The smallest absolute Gasteiger partial charge is 0.319 e. The number of hydrogen-bond acceptors (Lipinski definition) is 4. The molecule has 0 fully saturated rings. The van der Waals surface area contributed by atoms with Gasteiger partial charge in [0.15, 0.2) is 5.78 Å². The lowest BCUT2D eigenvalue weighted by Gasteiger charge is -2.26. The zero-order valence-corrected chi connectivity index (χ0v) is 14.2. The average Bonchev–Trinajstić information content (AvgIpc) is 2.61. The van der Waals surface area contributed by atoms with Crippen molar-refractivity contribution in [2.24, 2.45) is 0 Å². The molecule has 25 heavy (non-hydrogen) atoms. The molecule has 0 saturated carbocycles. The number of Topliss-reactive ketones (excluding diaryl/α,β-unsaturated/α-hetero) is 1. The Balaban J connectivity index is 1.62. The van der Waals surface area contributed by atoms with Gasteiger partial charge in [0.2, 0.25) is 0 Å². The summed E-state index contributed by atoms with van der Waals surface area (Å²) in [6.07, 6.45) is 0.660. The van der Waals surface area contributed by atoms with Gasteiger partial charge in [0.1, 0.15) is 18.1 Å². The largest absolute Gasteiger partial charge is 0.497 e. The molecule has 0 unspecified atom stereocenters. The lowest BCUT2D eigenvalue weighted by Crippen LogP contribution is -2.44. The number of anilines is 1. The number of methoxy groups -OCH3 is 1. The van der Waals surface area contributed by atoms with E-state index in [0.29, 0.717) is 24.3 Å². The minimum absolute atomic E-state index is 0.0460. The molecule has 2 N–H and O–H groups in total. The first-order valence-corrected chi connectivity index (χ1v) is 8.03. The number of hydrogen-bond donors (Lipinski definition) is 2. The van der Waals surface area contributed by atoms with Crippen LogP contribution in [-0.2, 0) is 6.42 Å². The molecule has 6 heteroatoms. The van der Waals surface area contributed by atoms with E-state index in [4.69, 9.17) is 9.47 Å². The zero-order valence-electron chi connectivity index (χ0n) is 14.2. The van der Waals surface area contributed by atoms with Crippen LogP contribution in [0.15, 0.2) is 42.5 Å². The maximum absolute atomic E-state index is 12.2. The molecule has 2 amide bonds. The van der Waals surface area contributed by atoms with Gasteiger partial charge in [-0.3, -0.25) is 4.79 Å². The lowest BCUT2D eigenvalue weighted by atomic mass is 10.0. The summed E-state index contributed by atoms with van der Waals surface area (Å²) >= 11 is 0. The van der Waals surface area contributed by atoms with Crippen molar-refractivity contribution in [3.63, 3.8) is 0 Å². The number of ether oxygens (including phenoxy) is 2. The first kappa shape index (κ1) is 16.8. The standard InChI is InChI=1S/C19H20N2O4/c1-12(22)13-4-3-5-15(8-13)20-19(23)21-16-9-14-10-17(24-2)6-7-18(14)25-11-16/h3-8,10,16H,9,11H2,1-2H3,(H2,20,21,23)/t16-/m0/s1. The third kappa shape index (κ3) is 4.09. The Labute approximate surface area is 146 Å². The molecule has 2 aromatic rings. The molecule has 6 nitrogen and oxygen atoms in total. The number of amides is 2. The van der Waals surface area contributed by atoms with Crippen molar-refractivity contribution in [2.45, 2.75) is 19.4 Å². The average molecular weight is 340 g/mol. The van der Waals surface area contributed by atoms with Gasteiger partial charge < -0.3 is 20.1 Å². The second-order valence-corrected chi connectivity index (χ2v) is 5.92. The lowest BCUT2D eigenvalue weighted by molar-refractivity contribution is 0.101. The Bertz CT molecular complexity index is 804. The SMILES string of the molecule is COc1ccc2c(c1)C[C@H](NC(=O)Nc1cccc(C(C)=O)c1)CO2. The first-order valence-electron chi connectivity index (χ1n) is 8.03. The summed E-state index contributed by atoms with van der Waals surface area (Å²) in [6.45, 7) is 1.89. The Hall–Kier alpha value is -3.02. The summed E-state index contributed by atoms with van der Waals surface area (Å²) in [5.74, 6) is 1.53. The summed E-state index contributed by atoms with van der Waals surface area (Å²) in [5.41, 5.74) is 2.12. The molecular formula is C19H20N2O4. The summed E-state index contributed by atoms with van der Waals surface area (Å²) < 4.78 is 10.9. The van der Waals surface area contributed by atoms with Crippen molar-refractivity contribution in [1.29, 1.82) is 0 Å². The second-order valence-electron chi connectivity index (χ2n) is 5.92. The van der Waals surface area contributed by atoms with Crippen LogP contribution in [-0.4, -0.2) is 31.6 Å². The van der Waals surface area contributed by atoms with Gasteiger partial charge in [-0.1, -0.05) is 12.1 Å². The van der Waals surface area contributed by atoms with Crippen LogP contribution < -0.4 is 20.1 Å². The number of benzene rings is 2. The monoisotopic (exact) mass is 340 g/mol. The van der Waals surface area contributed by atoms with Crippen LogP contribution in [0.3, 0.4) is 0 Å². The van der Waals surface area contributed by atoms with Gasteiger partial charge >= 0.3 is 6.03 Å². The van der Waals surface area contributed by atoms with Crippen molar-refractivity contribution in [3.8, 4) is 11.5 Å². The van der Waals surface area contributed by atoms with E-state index in [0.717, 1.165) is 17.1 Å². The number of ketones is 1. The van der Waals surface area contributed by atoms with Crippen molar-refractivity contribution in [2.75, 3.05) is 19.0 Å². The van der Waals surface area contributed by atoms with E-state index in [1.165, 1.54) is 6.92 Å². The van der Waals surface area contributed by atoms with E-state index in [2.05, 4.69) is 10.6 Å². The Morgan fingerprint density at radius 2 is 2.04 bits per heavy atom. The topological polar surface area (TPSA) is 76.7 Å². The third-order valence-electron chi connectivity index (χ3n) is 4.04. The van der Waals surface area contributed by atoms with Crippen molar-refractivity contribution >= 4 is 17.5 Å². The van der Waals surface area contributed by atoms with Crippen LogP contribution >= 0.6 is 0 Å². The van der Waals surface area contributed by atoms with E-state index in [-0.39, 0.29) is 17.9 Å². The van der Waals surface area contributed by atoms with Gasteiger partial charge in [-0.2, -0.15) is 0 Å². The highest BCUT2D eigenvalue weighted by molar-refractivity contribution is 5.96. The molecule has 2 aromatic carbocycles. The molecule has 0 aromatic heterocycles. The Morgan fingerprint density at radius 1 is 1.20 bits per heavy atom. The highest BCUT2D eigenvalue weighted by Gasteiger charge is 2.22. The summed E-state index contributed by atoms with van der Waals surface area (Å²) in [7, 11) is 1.61. The number of fused-ring (bicyclic) bond motifs is 1. The first-order chi connectivity index (χ1) is 12.0. The number of nitrogens with one attached hydrogen (secondary N) is 2. The predicted octanol–water partition coefficient (Wildman–Crippen LogP) is 3.02. The maximum Gasteiger partial charge on any atom is 0.319 e. The quantitative estimate of drug-likeness (QED) is 0.839. The summed E-state index contributed by atoms with van der Waals surface area (Å²) in [6, 6.07) is 12.0. The van der Waals surface area contributed by atoms with E-state index in [1.807, 2.05) is 18.2 Å². The number of rotatable bonds is 4. The van der Waals surface area contributed by atoms with Crippen molar-refractivity contribution in [1.82, 2.24) is 5.32 Å². The van der Waals surface area contributed by atoms with Gasteiger partial charge in [0, 0.05) is 11.3 Å². The molecule has 0 bridgehead atoms. The van der Waals surface area contributed by atoms with Crippen molar-refractivity contribution in [3.05, 3.63) is 53.6 Å². The normalized spacial score (nSPS) is 15.5. The van der Waals surface area contributed by atoms with Crippen LogP contribution in [0.1, 0.15) is 22.8 Å². The predicted molar refractivity (Wildman–Crippen MR) is 94.6 cm³/mol. The fourth-order valence-corrected chi connectivity index (χ4v) is 2.76. The number of urea groups is 1. The highest BCUT2D eigenvalue weighted by Crippen LogP contribution is 2.28. The maximum atomic E-state index is 12.2. The van der Waals surface area contributed by atoms with Crippen LogP contribution in [0.5, 0.6) is 11.5 Å². The zero-order chi connectivity index (χ0) is 17.8. The van der Waals surface area contributed by atoms with Gasteiger partial charge in [0.25, 0.3) is 0 Å². The number of carbonyl (C=O) groups excluding carboxylic acids is 2. The van der Waals surface area contributed by atoms with Crippen LogP contribution in [0.4, 0.5) is 10.5 Å². The van der Waals surface area contributed by atoms with Crippen molar-refractivity contribution < 1.29 is 19.1 Å². The Kier molecular flexibility index (Phi) is 4.88. The van der Waals surface area contributed by atoms with Crippen LogP contribution in [0.2, 0.25) is 0 Å². The molecule has 1 aliphatic rings. The van der Waals surface area contributed by atoms with Crippen LogP contribution in [0, 0.1) is 0 Å². The van der Waals surface area contributed by atoms with E-state index < -0.39 is 0 Å². The summed E-state index contributed by atoms with van der Waals surface area (Å²) in [4.78, 5) is 23.6.